The standard InChI is InChI=1S/C17H16ClNO2/c1-21-16-10-12-4-5-14(18)8-13(12)9-15(16)17(19-11-20)6-2-3-7-17/h4-5,8-10H,2-3,6-7H2,1H3. The molecule has 0 spiro atoms. The van der Waals surface area contributed by atoms with Crippen molar-refractivity contribution in [2.45, 2.75) is 31.2 Å². The number of carbonyl (C=O) groups excluding carboxylic acids is 1. The summed E-state index contributed by atoms with van der Waals surface area (Å²) in [4.78, 5) is 15.0. The third-order valence-corrected chi connectivity index (χ3v) is 4.55. The SMILES string of the molecule is COc1cc2ccc(Cl)cc2cc1C1(N=C=O)CCCC1. The van der Waals surface area contributed by atoms with Gasteiger partial charge in [-0.25, -0.2) is 4.79 Å². The van der Waals surface area contributed by atoms with Gasteiger partial charge in [-0.1, -0.05) is 30.5 Å². The van der Waals surface area contributed by atoms with Crippen molar-refractivity contribution in [1.82, 2.24) is 0 Å². The minimum atomic E-state index is -0.496. The van der Waals surface area contributed by atoms with Crippen molar-refractivity contribution >= 4 is 28.5 Å². The average Bonchev–Trinajstić information content (AvgIpc) is 2.96. The molecule has 3 nitrogen and oxygen atoms in total. The zero-order chi connectivity index (χ0) is 14.9. The first kappa shape index (κ1) is 14.1. The molecule has 0 amide bonds. The van der Waals surface area contributed by atoms with Crippen LogP contribution in [0.25, 0.3) is 10.8 Å². The van der Waals surface area contributed by atoms with Crippen LogP contribution in [0, 0.1) is 0 Å². The molecule has 0 saturated heterocycles. The fourth-order valence-electron chi connectivity index (χ4n) is 3.27. The van der Waals surface area contributed by atoms with Crippen LogP contribution in [0.3, 0.4) is 0 Å². The zero-order valence-corrected chi connectivity index (χ0v) is 12.6. The van der Waals surface area contributed by atoms with Crippen molar-refractivity contribution in [3.8, 4) is 5.75 Å². The summed E-state index contributed by atoms with van der Waals surface area (Å²) >= 11 is 6.08. The Bertz CT molecular complexity index is 729. The first-order chi connectivity index (χ1) is 10.2. The summed E-state index contributed by atoms with van der Waals surface area (Å²) < 4.78 is 5.54. The number of hydrogen-bond acceptors (Lipinski definition) is 3. The average molecular weight is 302 g/mol. The van der Waals surface area contributed by atoms with Gasteiger partial charge in [0.15, 0.2) is 0 Å². The molecule has 21 heavy (non-hydrogen) atoms. The summed E-state index contributed by atoms with van der Waals surface area (Å²) in [7, 11) is 1.65. The van der Waals surface area contributed by atoms with E-state index in [-0.39, 0.29) is 0 Å². The number of halogens is 1. The summed E-state index contributed by atoms with van der Waals surface area (Å²) in [6, 6.07) is 9.78. The van der Waals surface area contributed by atoms with E-state index in [2.05, 4.69) is 4.99 Å². The summed E-state index contributed by atoms with van der Waals surface area (Å²) in [5.74, 6) is 0.769. The van der Waals surface area contributed by atoms with Gasteiger partial charge in [0, 0.05) is 10.6 Å². The Morgan fingerprint density at radius 3 is 2.62 bits per heavy atom. The predicted octanol–water partition coefficient (Wildman–Crippen LogP) is 4.61. The molecule has 1 fully saturated rings. The number of rotatable bonds is 3. The molecule has 0 N–H and O–H groups in total. The molecule has 2 aromatic rings. The number of hydrogen-bond donors (Lipinski definition) is 0. The molecule has 108 valence electrons. The molecule has 1 aliphatic rings. The number of benzene rings is 2. The van der Waals surface area contributed by atoms with E-state index in [4.69, 9.17) is 16.3 Å². The highest BCUT2D eigenvalue weighted by Crippen LogP contribution is 2.46. The Labute approximate surface area is 128 Å². The van der Waals surface area contributed by atoms with Gasteiger partial charge in [-0.15, -0.1) is 0 Å². The van der Waals surface area contributed by atoms with Crippen LogP contribution in [0.4, 0.5) is 0 Å². The highest BCUT2D eigenvalue weighted by Gasteiger charge is 2.38. The van der Waals surface area contributed by atoms with E-state index in [1.165, 1.54) is 0 Å². The van der Waals surface area contributed by atoms with E-state index in [9.17, 15) is 4.79 Å². The van der Waals surface area contributed by atoms with Gasteiger partial charge in [0.25, 0.3) is 0 Å². The first-order valence-electron chi connectivity index (χ1n) is 7.05. The van der Waals surface area contributed by atoms with Crippen molar-refractivity contribution in [2.24, 2.45) is 4.99 Å². The molecule has 0 unspecified atom stereocenters. The number of methoxy groups -OCH3 is 1. The Morgan fingerprint density at radius 2 is 1.95 bits per heavy atom. The Kier molecular flexibility index (Phi) is 3.71. The lowest BCUT2D eigenvalue weighted by Gasteiger charge is -2.25. The van der Waals surface area contributed by atoms with Crippen LogP contribution in [0.2, 0.25) is 5.02 Å². The van der Waals surface area contributed by atoms with Gasteiger partial charge in [0.2, 0.25) is 6.08 Å². The van der Waals surface area contributed by atoms with Crippen LogP contribution in [0.15, 0.2) is 35.3 Å². The number of ether oxygens (including phenoxy) is 1. The lowest BCUT2D eigenvalue weighted by Crippen LogP contribution is -2.20. The van der Waals surface area contributed by atoms with Gasteiger partial charge >= 0.3 is 0 Å². The fraction of sp³-hybridized carbons (Fsp3) is 0.353. The molecule has 0 aliphatic heterocycles. The van der Waals surface area contributed by atoms with E-state index in [1.807, 2.05) is 30.3 Å². The first-order valence-corrected chi connectivity index (χ1v) is 7.43. The van der Waals surface area contributed by atoms with Gasteiger partial charge in [0.05, 0.1) is 7.11 Å². The fourth-order valence-corrected chi connectivity index (χ4v) is 3.45. The van der Waals surface area contributed by atoms with Gasteiger partial charge < -0.3 is 4.74 Å². The Morgan fingerprint density at radius 1 is 1.19 bits per heavy atom. The topological polar surface area (TPSA) is 38.7 Å². The highest BCUT2D eigenvalue weighted by atomic mass is 35.5. The molecular formula is C17H16ClNO2. The summed E-state index contributed by atoms with van der Waals surface area (Å²) in [5, 5.41) is 2.78. The van der Waals surface area contributed by atoms with Gasteiger partial charge in [-0.2, -0.15) is 4.99 Å². The number of fused-ring (bicyclic) bond motifs is 1. The molecule has 0 aromatic heterocycles. The van der Waals surface area contributed by atoms with Gasteiger partial charge in [0.1, 0.15) is 11.3 Å². The van der Waals surface area contributed by atoms with Gasteiger partial charge in [-0.3, -0.25) is 0 Å². The second kappa shape index (κ2) is 5.51. The number of isocyanates is 1. The molecule has 0 bridgehead atoms. The molecule has 1 aliphatic carbocycles. The van der Waals surface area contributed by atoms with E-state index >= 15 is 0 Å². The molecule has 0 heterocycles. The van der Waals surface area contributed by atoms with E-state index in [0.29, 0.717) is 5.02 Å². The molecule has 3 rings (SSSR count). The summed E-state index contributed by atoms with van der Waals surface area (Å²) in [6.07, 6.45) is 5.57. The van der Waals surface area contributed by atoms with Crippen molar-refractivity contribution in [1.29, 1.82) is 0 Å². The maximum Gasteiger partial charge on any atom is 0.235 e. The van der Waals surface area contributed by atoms with Crippen LogP contribution < -0.4 is 4.74 Å². The quantitative estimate of drug-likeness (QED) is 0.613. The molecule has 4 heteroatoms. The minimum absolute atomic E-state index is 0.496. The van der Waals surface area contributed by atoms with Crippen molar-refractivity contribution < 1.29 is 9.53 Å². The second-order valence-electron chi connectivity index (χ2n) is 5.49. The number of aliphatic imine (C=N–C) groups is 1. The number of nitrogens with zero attached hydrogens (tertiary/aromatic N) is 1. The monoisotopic (exact) mass is 301 g/mol. The Balaban J connectivity index is 2.26. The van der Waals surface area contributed by atoms with Crippen LogP contribution in [0.1, 0.15) is 31.2 Å². The van der Waals surface area contributed by atoms with Crippen LogP contribution >= 0.6 is 11.6 Å². The molecule has 2 aromatic carbocycles. The van der Waals surface area contributed by atoms with E-state index in [0.717, 1.165) is 47.8 Å². The van der Waals surface area contributed by atoms with Crippen molar-refractivity contribution in [3.63, 3.8) is 0 Å². The summed E-state index contributed by atoms with van der Waals surface area (Å²) in [6.45, 7) is 0. The lowest BCUT2D eigenvalue weighted by atomic mass is 9.86. The predicted molar refractivity (Wildman–Crippen MR) is 83.8 cm³/mol. The second-order valence-corrected chi connectivity index (χ2v) is 5.92. The smallest absolute Gasteiger partial charge is 0.235 e. The normalized spacial score (nSPS) is 16.7. The molecule has 0 radical (unpaired) electrons. The van der Waals surface area contributed by atoms with Crippen LogP contribution in [-0.4, -0.2) is 13.2 Å². The third-order valence-electron chi connectivity index (χ3n) is 4.31. The van der Waals surface area contributed by atoms with Crippen LogP contribution in [-0.2, 0) is 10.3 Å². The maximum absolute atomic E-state index is 10.9. The largest absolute Gasteiger partial charge is 0.496 e. The van der Waals surface area contributed by atoms with Gasteiger partial charge in [-0.05, 0) is 47.9 Å². The maximum atomic E-state index is 10.9. The summed E-state index contributed by atoms with van der Waals surface area (Å²) in [5.41, 5.74) is 0.462. The van der Waals surface area contributed by atoms with E-state index < -0.39 is 5.54 Å². The van der Waals surface area contributed by atoms with Crippen LogP contribution in [0.5, 0.6) is 5.75 Å². The van der Waals surface area contributed by atoms with Crippen molar-refractivity contribution in [2.75, 3.05) is 7.11 Å². The molecule has 1 saturated carbocycles. The Hall–Kier alpha value is -1.83. The lowest BCUT2D eigenvalue weighted by molar-refractivity contribution is 0.380. The molecular weight excluding hydrogens is 286 g/mol. The molecule has 0 atom stereocenters. The highest BCUT2D eigenvalue weighted by molar-refractivity contribution is 6.31. The third kappa shape index (κ3) is 2.44. The minimum Gasteiger partial charge on any atom is -0.496 e. The van der Waals surface area contributed by atoms with E-state index in [1.54, 1.807) is 13.2 Å². The van der Waals surface area contributed by atoms with Crippen molar-refractivity contribution in [3.05, 3.63) is 40.9 Å². The zero-order valence-electron chi connectivity index (χ0n) is 11.9.